The quantitative estimate of drug-likeness (QED) is 0.260. The summed E-state index contributed by atoms with van der Waals surface area (Å²) in [5, 5.41) is 4.31. The first-order valence-corrected chi connectivity index (χ1v) is 20.5. The SMILES string of the molecule is CC(C)(C)CC1=CCN=C1.CC1=CCC(CC(C)(C)C)=C1.Cc1cc(CC(C)(C)C)n(C)c1.Cn1ccc(CC(C)(C)C)n1.Cn1cnc(CC(C)(C)C)c1. The Morgan fingerprint density at radius 3 is 1.55 bits per heavy atom. The van der Waals surface area contributed by atoms with Crippen LogP contribution in [0.4, 0.5) is 0 Å². The Bertz CT molecular complexity index is 1630. The van der Waals surface area contributed by atoms with Crippen LogP contribution < -0.4 is 0 Å². The maximum atomic E-state index is 4.31. The fourth-order valence-electron chi connectivity index (χ4n) is 6.37. The van der Waals surface area contributed by atoms with Crippen molar-refractivity contribution < 1.29 is 0 Å². The van der Waals surface area contributed by atoms with Crippen LogP contribution >= 0.6 is 0 Å². The summed E-state index contributed by atoms with van der Waals surface area (Å²) in [4.78, 5) is 8.40. The Kier molecular flexibility index (Phi) is 19.1. The van der Waals surface area contributed by atoms with Crippen LogP contribution in [-0.2, 0) is 40.4 Å². The molecule has 1 aliphatic heterocycles. The lowest BCUT2D eigenvalue weighted by molar-refractivity contribution is 0.401. The highest BCUT2D eigenvalue weighted by Gasteiger charge is 2.16. The number of imidazole rings is 1. The highest BCUT2D eigenvalue weighted by atomic mass is 15.2. The summed E-state index contributed by atoms with van der Waals surface area (Å²) in [6.07, 6.45) is 23.7. The van der Waals surface area contributed by atoms with Crippen molar-refractivity contribution >= 4 is 6.21 Å². The summed E-state index contributed by atoms with van der Waals surface area (Å²) in [5.41, 5.74) is 11.5. The van der Waals surface area contributed by atoms with Gasteiger partial charge in [-0.05, 0) is 103 Å². The second-order valence-corrected chi connectivity index (χ2v) is 22.0. The minimum Gasteiger partial charge on any atom is -0.354 e. The van der Waals surface area contributed by atoms with Gasteiger partial charge in [-0.2, -0.15) is 5.10 Å². The maximum absolute atomic E-state index is 4.31. The van der Waals surface area contributed by atoms with E-state index in [1.165, 1.54) is 46.6 Å². The van der Waals surface area contributed by atoms with Crippen molar-refractivity contribution in [1.82, 2.24) is 23.9 Å². The minimum atomic E-state index is 0.342. The molecule has 2 aliphatic rings. The lowest BCUT2D eigenvalue weighted by atomic mass is 9.87. The van der Waals surface area contributed by atoms with E-state index in [2.05, 4.69) is 187 Å². The minimum absolute atomic E-state index is 0.342. The number of hydrogen-bond donors (Lipinski definition) is 0. The van der Waals surface area contributed by atoms with Gasteiger partial charge >= 0.3 is 0 Å². The van der Waals surface area contributed by atoms with E-state index in [9.17, 15) is 0 Å². The van der Waals surface area contributed by atoms with Crippen molar-refractivity contribution in [2.24, 2.45) is 53.2 Å². The molecule has 55 heavy (non-hydrogen) atoms. The van der Waals surface area contributed by atoms with Crippen molar-refractivity contribution in [1.29, 1.82) is 0 Å². The van der Waals surface area contributed by atoms with Gasteiger partial charge in [0.2, 0.25) is 0 Å². The lowest BCUT2D eigenvalue weighted by Crippen LogP contribution is -2.11. The van der Waals surface area contributed by atoms with Crippen molar-refractivity contribution in [3.63, 3.8) is 0 Å². The van der Waals surface area contributed by atoms with Crippen LogP contribution in [0.2, 0.25) is 0 Å². The molecule has 1 aliphatic carbocycles. The first-order chi connectivity index (χ1) is 24.9. The Labute approximate surface area is 339 Å². The Balaban J connectivity index is 0.000000344. The summed E-state index contributed by atoms with van der Waals surface area (Å²) in [7, 11) is 6.07. The smallest absolute Gasteiger partial charge is 0.0946 e. The third kappa shape index (κ3) is 26.1. The molecule has 0 N–H and O–H groups in total. The van der Waals surface area contributed by atoms with Gasteiger partial charge in [0.15, 0.2) is 0 Å². The Morgan fingerprint density at radius 2 is 1.18 bits per heavy atom. The second kappa shape index (κ2) is 21.2. The molecule has 0 atom stereocenters. The van der Waals surface area contributed by atoms with Gasteiger partial charge in [0.25, 0.3) is 0 Å². The number of aryl methyl sites for hydroxylation is 4. The van der Waals surface area contributed by atoms with Crippen molar-refractivity contribution in [3.05, 3.63) is 94.6 Å². The van der Waals surface area contributed by atoms with E-state index in [4.69, 9.17) is 0 Å². The number of allylic oxidation sites excluding steroid dienone is 5. The van der Waals surface area contributed by atoms with Crippen LogP contribution in [0.3, 0.4) is 0 Å². The van der Waals surface area contributed by atoms with Crippen LogP contribution in [0.25, 0.3) is 0 Å². The molecule has 0 unspecified atom stereocenters. The zero-order valence-electron chi connectivity index (χ0n) is 39.4. The highest BCUT2D eigenvalue weighted by Crippen LogP contribution is 2.30. The molecule has 3 aromatic rings. The summed E-state index contributed by atoms with van der Waals surface area (Å²) >= 11 is 0. The fraction of sp³-hybridized carbons (Fsp3) is 0.653. The molecule has 0 saturated heterocycles. The molecule has 0 saturated carbocycles. The molecule has 0 spiro atoms. The molecule has 4 heterocycles. The first kappa shape index (κ1) is 49.6. The average Bonchev–Trinajstić information content (AvgIpc) is 3.80. The zero-order chi connectivity index (χ0) is 42.4. The zero-order valence-corrected chi connectivity index (χ0v) is 39.4. The number of aliphatic imine (C=N–C) groups is 1. The van der Waals surface area contributed by atoms with E-state index in [1.807, 2.05) is 42.1 Å². The van der Waals surface area contributed by atoms with Crippen molar-refractivity contribution in [3.8, 4) is 0 Å². The van der Waals surface area contributed by atoms with Crippen LogP contribution in [0, 0.1) is 34.0 Å². The molecule has 5 rings (SSSR count). The third-order valence-electron chi connectivity index (χ3n) is 8.23. The molecule has 6 heteroatoms. The molecular formula is C49H84N6. The van der Waals surface area contributed by atoms with Gasteiger partial charge in [-0.3, -0.25) is 9.67 Å². The van der Waals surface area contributed by atoms with Gasteiger partial charge in [-0.15, -0.1) is 0 Å². The van der Waals surface area contributed by atoms with E-state index >= 15 is 0 Å². The molecule has 0 bridgehead atoms. The van der Waals surface area contributed by atoms with Gasteiger partial charge in [0.1, 0.15) is 0 Å². The molecule has 310 valence electrons. The predicted octanol–water partition coefficient (Wildman–Crippen LogP) is 13.1. The maximum Gasteiger partial charge on any atom is 0.0946 e. The van der Waals surface area contributed by atoms with E-state index < -0.39 is 0 Å². The largest absolute Gasteiger partial charge is 0.354 e. The standard InChI is InChI=1S/C11H19N.C11H18.2C9H16N2.C9H15N/c1-9-6-10(12(5)8-9)7-11(2,3)4;1-9-5-6-10(7-9)8-11(2,3)4;1-9(2,3)5-8-6-11(4)7-10-8;1-9(2,3)7-8-5-6-11(4)10-8;1-9(2,3)6-8-4-5-10-7-8/h6,8H,7H2,1-5H3;5,7H,6,8H2,1-4H3;6-7H,5H2,1-4H3;5-6H,7H2,1-4H3;4,7H,5-6H2,1-3H3. The number of hydrogen-bond acceptors (Lipinski definition) is 3. The van der Waals surface area contributed by atoms with Crippen LogP contribution in [0.1, 0.15) is 153 Å². The van der Waals surface area contributed by atoms with Crippen LogP contribution in [0.15, 0.2) is 77.0 Å². The molecule has 0 radical (unpaired) electrons. The second-order valence-electron chi connectivity index (χ2n) is 22.0. The highest BCUT2D eigenvalue weighted by molar-refractivity contribution is 5.80. The lowest BCUT2D eigenvalue weighted by Gasteiger charge is -2.18. The van der Waals surface area contributed by atoms with Crippen LogP contribution in [0.5, 0.6) is 0 Å². The van der Waals surface area contributed by atoms with Crippen molar-refractivity contribution in [2.75, 3.05) is 6.54 Å². The van der Waals surface area contributed by atoms with Gasteiger partial charge in [-0.1, -0.05) is 133 Å². The monoisotopic (exact) mass is 757 g/mol. The summed E-state index contributed by atoms with van der Waals surface area (Å²) in [6, 6.07) is 4.34. The number of rotatable bonds is 5. The first-order valence-electron chi connectivity index (χ1n) is 20.5. The summed E-state index contributed by atoms with van der Waals surface area (Å²) in [5.74, 6) is 0. The average molecular weight is 757 g/mol. The topological polar surface area (TPSA) is 52.9 Å². The summed E-state index contributed by atoms with van der Waals surface area (Å²) < 4.78 is 6.06. The normalized spacial score (nSPS) is 14.3. The van der Waals surface area contributed by atoms with Gasteiger partial charge in [0, 0.05) is 51.6 Å². The van der Waals surface area contributed by atoms with E-state index in [1.54, 1.807) is 5.57 Å². The van der Waals surface area contributed by atoms with E-state index in [0.29, 0.717) is 27.1 Å². The van der Waals surface area contributed by atoms with E-state index in [-0.39, 0.29) is 0 Å². The number of aromatic nitrogens is 5. The molecule has 6 nitrogen and oxygen atoms in total. The molecule has 0 aromatic carbocycles. The molecule has 0 amide bonds. The van der Waals surface area contributed by atoms with Crippen molar-refractivity contribution in [2.45, 2.75) is 156 Å². The van der Waals surface area contributed by atoms with E-state index in [0.717, 1.165) is 32.2 Å². The van der Waals surface area contributed by atoms with Crippen LogP contribution in [-0.4, -0.2) is 36.7 Å². The predicted molar refractivity (Wildman–Crippen MR) is 242 cm³/mol. The van der Waals surface area contributed by atoms with Gasteiger partial charge < -0.3 is 9.13 Å². The number of nitrogens with zero attached hydrogens (tertiary/aromatic N) is 6. The molecule has 0 fully saturated rings. The third-order valence-corrected chi connectivity index (χ3v) is 8.23. The Morgan fingerprint density at radius 1 is 0.636 bits per heavy atom. The fourth-order valence-corrected chi connectivity index (χ4v) is 6.37. The van der Waals surface area contributed by atoms with Gasteiger partial charge in [-0.25, -0.2) is 4.98 Å². The van der Waals surface area contributed by atoms with Gasteiger partial charge in [0.05, 0.1) is 24.3 Å². The molecular weight excluding hydrogens is 673 g/mol. The summed E-state index contributed by atoms with van der Waals surface area (Å²) in [6.45, 7) is 39.0. The molecule has 3 aromatic heterocycles. The Hall–Kier alpha value is -3.41.